The van der Waals surface area contributed by atoms with Crippen LogP contribution in [-0.2, 0) is 23.5 Å². The molecule has 0 fully saturated rings. The number of aryl methyl sites for hydroxylation is 2. The first kappa shape index (κ1) is 27.1. The van der Waals surface area contributed by atoms with Crippen LogP contribution in [0.3, 0.4) is 0 Å². The second-order valence-corrected chi connectivity index (χ2v) is 10.9. The van der Waals surface area contributed by atoms with Gasteiger partial charge in [0.15, 0.2) is 5.82 Å². The Morgan fingerprint density at radius 2 is 1.84 bits per heavy atom. The number of nitrogen functional groups attached to an aromatic ring is 1. The largest absolute Gasteiger partial charge is 0.465 e. The molecule has 0 radical (unpaired) electrons. The summed E-state index contributed by atoms with van der Waals surface area (Å²) in [5, 5.41) is 16.7. The number of nitrogens with one attached hydrogen (secondary N) is 2. The quantitative estimate of drug-likeness (QED) is 0.260. The number of hydrogen-bond acceptors (Lipinski definition) is 6. The summed E-state index contributed by atoms with van der Waals surface area (Å²) < 4.78 is 55.4. The molecule has 2 aromatic heterocycles. The number of nitrogens with zero attached hydrogens (tertiary/aromatic N) is 3. The molecule has 0 aliphatic carbocycles. The summed E-state index contributed by atoms with van der Waals surface area (Å²) in [6, 6.07) is 6.66. The molecule has 1 unspecified atom stereocenters. The molecule has 38 heavy (non-hydrogen) atoms. The van der Waals surface area contributed by atoms with Crippen molar-refractivity contribution >= 4 is 50.1 Å². The monoisotopic (exact) mass is 564 g/mol. The Hall–Kier alpha value is -3.97. The lowest BCUT2D eigenvalue weighted by molar-refractivity contribution is 0.189. The number of nitrogens with two attached hydrogens (primary N) is 1. The van der Waals surface area contributed by atoms with Crippen molar-refractivity contribution in [1.29, 1.82) is 0 Å². The van der Waals surface area contributed by atoms with Gasteiger partial charge < -0.3 is 16.2 Å². The highest BCUT2D eigenvalue weighted by molar-refractivity contribution is 7.92. The number of carboxylic acid groups (broad SMARTS) is 1. The second kappa shape index (κ2) is 10.1. The van der Waals surface area contributed by atoms with Gasteiger partial charge in [0, 0.05) is 24.2 Å². The predicted octanol–water partition coefficient (Wildman–Crippen LogP) is 4.38. The van der Waals surface area contributed by atoms with Crippen molar-refractivity contribution in [3.05, 3.63) is 70.0 Å². The number of benzene rings is 2. The number of amides is 1. The minimum atomic E-state index is -3.69. The van der Waals surface area contributed by atoms with Crippen LogP contribution in [0.1, 0.15) is 23.0 Å². The minimum absolute atomic E-state index is 0.00175. The molecule has 1 amide bonds. The second-order valence-electron chi connectivity index (χ2n) is 8.74. The molecule has 0 bridgehead atoms. The number of carbonyl (C=O) groups is 1. The molecular weight excluding hydrogens is 542 g/mol. The Morgan fingerprint density at radius 1 is 1.18 bits per heavy atom. The van der Waals surface area contributed by atoms with E-state index in [-0.39, 0.29) is 28.5 Å². The van der Waals surface area contributed by atoms with Gasteiger partial charge in [0.1, 0.15) is 11.6 Å². The van der Waals surface area contributed by atoms with Crippen molar-refractivity contribution < 1.29 is 27.1 Å². The van der Waals surface area contributed by atoms with E-state index < -0.39 is 33.8 Å². The normalized spacial score (nSPS) is 12.5. The van der Waals surface area contributed by atoms with Crippen LogP contribution in [0.5, 0.6) is 0 Å². The summed E-state index contributed by atoms with van der Waals surface area (Å²) in [7, 11) is -2.11. The third-order valence-corrected chi connectivity index (χ3v) is 6.66. The average molecular weight is 565 g/mol. The standard InChI is InChI=1S/C24H23ClF2N6O4S/c1-11-18(28)10-16(15-4-5-17(25)20-22(15)33(2)31-23(20)32-38(3,36)37)21(29-11)19(30-24(34)35)8-12-6-13(26)9-14(27)7-12/h4-7,9-10,19,30H,8,28H2,1-3H3,(H,31,32)(H,34,35). The van der Waals surface area contributed by atoms with Gasteiger partial charge in [0.2, 0.25) is 10.0 Å². The Morgan fingerprint density at radius 3 is 2.45 bits per heavy atom. The number of aromatic nitrogens is 3. The lowest BCUT2D eigenvalue weighted by atomic mass is 9.93. The van der Waals surface area contributed by atoms with Crippen LogP contribution in [0.25, 0.3) is 22.0 Å². The van der Waals surface area contributed by atoms with Gasteiger partial charge in [-0.05, 0) is 43.2 Å². The first-order valence-corrected chi connectivity index (χ1v) is 13.3. The SMILES string of the molecule is Cc1nc(C(Cc2cc(F)cc(F)c2)NC(=O)O)c(-c2ccc(Cl)c3c(NS(C)(=O)=O)nn(C)c23)cc1N. The zero-order valence-corrected chi connectivity index (χ0v) is 22.0. The van der Waals surface area contributed by atoms with Crippen molar-refractivity contribution in [2.75, 3.05) is 16.7 Å². The van der Waals surface area contributed by atoms with Crippen LogP contribution in [0.2, 0.25) is 5.02 Å². The van der Waals surface area contributed by atoms with Crippen molar-refractivity contribution in [2.45, 2.75) is 19.4 Å². The average Bonchev–Trinajstić information content (AvgIpc) is 3.09. The molecule has 2 heterocycles. The number of anilines is 2. The van der Waals surface area contributed by atoms with E-state index in [1.807, 2.05) is 0 Å². The van der Waals surface area contributed by atoms with Crippen LogP contribution < -0.4 is 15.8 Å². The maximum absolute atomic E-state index is 13.9. The molecule has 2 aromatic carbocycles. The third kappa shape index (κ3) is 5.63. The van der Waals surface area contributed by atoms with Crippen molar-refractivity contribution in [1.82, 2.24) is 20.1 Å². The summed E-state index contributed by atoms with van der Waals surface area (Å²) in [6.45, 7) is 1.64. The Balaban J connectivity index is 1.98. The molecule has 0 saturated heterocycles. The predicted molar refractivity (Wildman–Crippen MR) is 141 cm³/mol. The number of sulfonamides is 1. The van der Waals surface area contributed by atoms with Crippen LogP contribution in [0.15, 0.2) is 36.4 Å². The van der Waals surface area contributed by atoms with E-state index in [4.69, 9.17) is 17.3 Å². The van der Waals surface area contributed by atoms with Gasteiger partial charge in [-0.2, -0.15) is 5.10 Å². The summed E-state index contributed by atoms with van der Waals surface area (Å²) >= 11 is 6.44. The molecule has 4 rings (SSSR count). The fourth-order valence-electron chi connectivity index (χ4n) is 4.29. The first-order chi connectivity index (χ1) is 17.7. The van der Waals surface area contributed by atoms with Gasteiger partial charge in [0.05, 0.1) is 45.3 Å². The lowest BCUT2D eigenvalue weighted by Gasteiger charge is -2.22. The highest BCUT2D eigenvalue weighted by atomic mass is 35.5. The highest BCUT2D eigenvalue weighted by Crippen LogP contribution is 2.40. The summed E-state index contributed by atoms with van der Waals surface area (Å²) in [5.41, 5.74) is 8.59. The highest BCUT2D eigenvalue weighted by Gasteiger charge is 2.26. The van der Waals surface area contributed by atoms with E-state index in [1.165, 1.54) is 10.7 Å². The summed E-state index contributed by atoms with van der Waals surface area (Å²) in [4.78, 5) is 16.3. The van der Waals surface area contributed by atoms with Gasteiger partial charge in [0.25, 0.3) is 0 Å². The zero-order chi connectivity index (χ0) is 27.9. The Kier molecular flexibility index (Phi) is 7.17. The molecule has 0 aliphatic heterocycles. The van der Waals surface area contributed by atoms with Gasteiger partial charge >= 0.3 is 6.09 Å². The number of pyridine rings is 1. The summed E-state index contributed by atoms with van der Waals surface area (Å²) in [5.74, 6) is -1.62. The smallest absolute Gasteiger partial charge is 0.405 e. The molecular formula is C24H23ClF2N6O4S. The number of hydrogen-bond donors (Lipinski definition) is 4. The van der Waals surface area contributed by atoms with Gasteiger partial charge in [-0.15, -0.1) is 0 Å². The topological polar surface area (TPSA) is 152 Å². The molecule has 1 atom stereocenters. The van der Waals surface area contributed by atoms with Crippen LogP contribution in [0.4, 0.5) is 25.1 Å². The van der Waals surface area contributed by atoms with Gasteiger partial charge in [-0.25, -0.2) is 22.0 Å². The Labute approximate surface area is 221 Å². The minimum Gasteiger partial charge on any atom is -0.465 e. The molecule has 200 valence electrons. The number of halogens is 3. The summed E-state index contributed by atoms with van der Waals surface area (Å²) in [6.07, 6.45) is -0.533. The van der Waals surface area contributed by atoms with E-state index in [2.05, 4.69) is 20.1 Å². The zero-order valence-electron chi connectivity index (χ0n) is 20.4. The van der Waals surface area contributed by atoms with Crippen molar-refractivity contribution in [2.24, 2.45) is 7.05 Å². The number of rotatable bonds is 7. The van der Waals surface area contributed by atoms with Gasteiger partial charge in [-0.1, -0.05) is 17.7 Å². The third-order valence-electron chi connectivity index (χ3n) is 5.78. The van der Waals surface area contributed by atoms with Crippen LogP contribution in [-0.4, -0.2) is 40.6 Å². The molecule has 10 nitrogen and oxygen atoms in total. The van der Waals surface area contributed by atoms with Crippen molar-refractivity contribution in [3.8, 4) is 11.1 Å². The molecule has 0 saturated carbocycles. The van der Waals surface area contributed by atoms with E-state index in [0.29, 0.717) is 33.4 Å². The van der Waals surface area contributed by atoms with E-state index in [0.717, 1.165) is 24.5 Å². The molecule has 0 aliphatic rings. The van der Waals surface area contributed by atoms with Crippen molar-refractivity contribution in [3.63, 3.8) is 0 Å². The maximum atomic E-state index is 13.9. The maximum Gasteiger partial charge on any atom is 0.405 e. The van der Waals surface area contributed by atoms with Crippen LogP contribution >= 0.6 is 11.6 Å². The van der Waals surface area contributed by atoms with Crippen LogP contribution in [0, 0.1) is 18.6 Å². The molecule has 0 spiro atoms. The van der Waals surface area contributed by atoms with E-state index in [1.54, 1.807) is 26.1 Å². The lowest BCUT2D eigenvalue weighted by Crippen LogP contribution is -2.30. The molecule has 4 aromatic rings. The fraction of sp³-hybridized carbons (Fsp3) is 0.208. The molecule has 5 N–H and O–H groups in total. The molecule has 14 heteroatoms. The van der Waals surface area contributed by atoms with E-state index >= 15 is 0 Å². The Bertz CT molecular complexity index is 1670. The van der Waals surface area contributed by atoms with Gasteiger partial charge in [-0.3, -0.25) is 14.4 Å². The number of fused-ring (bicyclic) bond motifs is 1. The van der Waals surface area contributed by atoms with E-state index in [9.17, 15) is 27.1 Å². The fourth-order valence-corrected chi connectivity index (χ4v) is 5.03. The first-order valence-electron chi connectivity index (χ1n) is 11.1.